The maximum atomic E-state index is 9.61. The predicted molar refractivity (Wildman–Crippen MR) is 79.5 cm³/mol. The number of nitriles is 1. The predicted octanol–water partition coefficient (Wildman–Crippen LogP) is 2.19. The standard InChI is InChI=1S/C16H14BNO3/c1-10-5-11(2)16(7-12(10)8-18)21-14-3-4-15-13(6-14)9-20-17(15)19/h3-7,19H,9H2,1-2H3. The molecule has 1 N–H and O–H groups in total. The summed E-state index contributed by atoms with van der Waals surface area (Å²) in [5.74, 6) is 1.33. The molecule has 0 radical (unpaired) electrons. The molecule has 1 heterocycles. The summed E-state index contributed by atoms with van der Waals surface area (Å²) in [5.41, 5.74) is 4.22. The second kappa shape index (κ2) is 5.25. The summed E-state index contributed by atoms with van der Waals surface area (Å²) >= 11 is 0. The number of hydrogen-bond donors (Lipinski definition) is 1. The molecule has 2 aromatic carbocycles. The summed E-state index contributed by atoms with van der Waals surface area (Å²) in [6.07, 6.45) is 0. The highest BCUT2D eigenvalue weighted by Gasteiger charge is 2.27. The van der Waals surface area contributed by atoms with E-state index in [1.54, 1.807) is 18.2 Å². The van der Waals surface area contributed by atoms with Crippen LogP contribution < -0.4 is 10.2 Å². The van der Waals surface area contributed by atoms with E-state index in [-0.39, 0.29) is 0 Å². The molecular weight excluding hydrogens is 265 g/mol. The van der Waals surface area contributed by atoms with Gasteiger partial charge in [-0.05, 0) is 54.2 Å². The van der Waals surface area contributed by atoms with Crippen LogP contribution in [0.1, 0.15) is 22.3 Å². The van der Waals surface area contributed by atoms with E-state index in [4.69, 9.17) is 14.7 Å². The van der Waals surface area contributed by atoms with Gasteiger partial charge in [0.1, 0.15) is 11.5 Å². The van der Waals surface area contributed by atoms with E-state index < -0.39 is 7.12 Å². The minimum atomic E-state index is -0.847. The lowest BCUT2D eigenvalue weighted by Gasteiger charge is -2.11. The van der Waals surface area contributed by atoms with E-state index in [0.717, 1.165) is 22.2 Å². The molecule has 104 valence electrons. The molecule has 5 heteroatoms. The molecule has 2 aromatic rings. The molecule has 0 saturated carbocycles. The first-order valence-corrected chi connectivity index (χ1v) is 6.70. The SMILES string of the molecule is Cc1cc(C)c(Oc2ccc3c(c2)COB3O)cc1C#N. The third kappa shape index (κ3) is 2.51. The Morgan fingerprint density at radius 1 is 1.24 bits per heavy atom. The van der Waals surface area contributed by atoms with Gasteiger partial charge in [0.05, 0.1) is 18.2 Å². The molecule has 0 aromatic heterocycles. The van der Waals surface area contributed by atoms with E-state index in [2.05, 4.69) is 6.07 Å². The normalized spacial score (nSPS) is 13.0. The van der Waals surface area contributed by atoms with Crippen molar-refractivity contribution in [3.63, 3.8) is 0 Å². The summed E-state index contributed by atoms with van der Waals surface area (Å²) in [4.78, 5) is 0. The van der Waals surface area contributed by atoms with Crippen LogP contribution in [0.3, 0.4) is 0 Å². The van der Waals surface area contributed by atoms with Crippen LogP contribution in [0.15, 0.2) is 30.3 Å². The molecule has 0 saturated heterocycles. The number of rotatable bonds is 2. The van der Waals surface area contributed by atoms with E-state index in [0.29, 0.717) is 23.7 Å². The van der Waals surface area contributed by atoms with E-state index in [1.807, 2.05) is 26.0 Å². The first-order chi connectivity index (χ1) is 10.1. The zero-order chi connectivity index (χ0) is 15.0. The largest absolute Gasteiger partial charge is 0.491 e. The van der Waals surface area contributed by atoms with Crippen molar-refractivity contribution in [3.05, 3.63) is 52.6 Å². The van der Waals surface area contributed by atoms with Gasteiger partial charge in [0.25, 0.3) is 0 Å². The molecule has 0 atom stereocenters. The highest BCUT2D eigenvalue weighted by atomic mass is 16.5. The first-order valence-electron chi connectivity index (χ1n) is 6.70. The van der Waals surface area contributed by atoms with Crippen molar-refractivity contribution in [1.82, 2.24) is 0 Å². The van der Waals surface area contributed by atoms with Gasteiger partial charge in [0.15, 0.2) is 0 Å². The van der Waals surface area contributed by atoms with Crippen molar-refractivity contribution >= 4 is 12.6 Å². The van der Waals surface area contributed by atoms with Crippen LogP contribution >= 0.6 is 0 Å². The van der Waals surface area contributed by atoms with Gasteiger partial charge in [-0.3, -0.25) is 0 Å². The van der Waals surface area contributed by atoms with Gasteiger partial charge in [-0.1, -0.05) is 12.1 Å². The molecular formula is C16H14BNO3. The van der Waals surface area contributed by atoms with Crippen molar-refractivity contribution < 1.29 is 14.4 Å². The average molecular weight is 279 g/mol. The highest BCUT2D eigenvalue weighted by molar-refractivity contribution is 6.61. The molecule has 0 bridgehead atoms. The van der Waals surface area contributed by atoms with Gasteiger partial charge in [-0.25, -0.2) is 0 Å². The van der Waals surface area contributed by atoms with Crippen molar-refractivity contribution in [2.75, 3.05) is 0 Å². The Hall–Kier alpha value is -2.29. The Morgan fingerprint density at radius 2 is 2.05 bits per heavy atom. The van der Waals surface area contributed by atoms with Gasteiger partial charge in [-0.15, -0.1) is 0 Å². The molecule has 0 spiro atoms. The fraction of sp³-hybridized carbons (Fsp3) is 0.188. The van der Waals surface area contributed by atoms with Crippen LogP contribution in [-0.4, -0.2) is 12.1 Å². The molecule has 0 unspecified atom stereocenters. The molecule has 21 heavy (non-hydrogen) atoms. The van der Waals surface area contributed by atoms with Crippen LogP contribution in [0.5, 0.6) is 11.5 Å². The number of nitrogens with zero attached hydrogens (tertiary/aromatic N) is 1. The van der Waals surface area contributed by atoms with Gasteiger partial charge in [0.2, 0.25) is 0 Å². The molecule has 0 amide bonds. The lowest BCUT2D eigenvalue weighted by Crippen LogP contribution is -2.27. The quantitative estimate of drug-likeness (QED) is 0.856. The number of fused-ring (bicyclic) bond motifs is 1. The van der Waals surface area contributed by atoms with Crippen molar-refractivity contribution in [3.8, 4) is 17.6 Å². The third-order valence-electron chi connectivity index (χ3n) is 3.65. The summed E-state index contributed by atoms with van der Waals surface area (Å²) < 4.78 is 11.0. The molecule has 1 aliphatic heterocycles. The van der Waals surface area contributed by atoms with Crippen LogP contribution in [0.2, 0.25) is 0 Å². The summed E-state index contributed by atoms with van der Waals surface area (Å²) in [6, 6.07) is 11.3. The molecule has 3 rings (SSSR count). The Kier molecular flexibility index (Phi) is 3.42. The molecule has 1 aliphatic rings. The van der Waals surface area contributed by atoms with Crippen LogP contribution in [-0.2, 0) is 11.3 Å². The fourth-order valence-corrected chi connectivity index (χ4v) is 2.46. The highest BCUT2D eigenvalue weighted by Crippen LogP contribution is 2.28. The smallest absolute Gasteiger partial charge is 0.457 e. The first kappa shape index (κ1) is 13.7. The van der Waals surface area contributed by atoms with Crippen LogP contribution in [0.25, 0.3) is 0 Å². The lowest BCUT2D eigenvalue weighted by molar-refractivity contribution is 0.275. The van der Waals surface area contributed by atoms with Crippen LogP contribution in [0.4, 0.5) is 0 Å². The second-order valence-electron chi connectivity index (χ2n) is 5.17. The van der Waals surface area contributed by atoms with Crippen LogP contribution in [0, 0.1) is 25.2 Å². The van der Waals surface area contributed by atoms with Gasteiger partial charge in [-0.2, -0.15) is 5.26 Å². The molecule has 0 fully saturated rings. The van der Waals surface area contributed by atoms with E-state index in [9.17, 15) is 5.02 Å². The van der Waals surface area contributed by atoms with Gasteiger partial charge < -0.3 is 14.4 Å². The summed E-state index contributed by atoms with van der Waals surface area (Å²) in [7, 11) is -0.847. The Balaban J connectivity index is 1.93. The number of hydrogen-bond acceptors (Lipinski definition) is 4. The third-order valence-corrected chi connectivity index (χ3v) is 3.65. The summed E-state index contributed by atoms with van der Waals surface area (Å²) in [5, 5.41) is 18.7. The minimum absolute atomic E-state index is 0.379. The topological polar surface area (TPSA) is 62.5 Å². The average Bonchev–Trinajstić information content (AvgIpc) is 2.83. The Labute approximate surface area is 123 Å². The summed E-state index contributed by atoms with van der Waals surface area (Å²) in [6.45, 7) is 4.23. The second-order valence-corrected chi connectivity index (χ2v) is 5.17. The van der Waals surface area contributed by atoms with Crippen molar-refractivity contribution in [1.29, 1.82) is 5.26 Å². The minimum Gasteiger partial charge on any atom is -0.457 e. The fourth-order valence-electron chi connectivity index (χ4n) is 2.46. The maximum absolute atomic E-state index is 9.61. The van der Waals surface area contributed by atoms with Crippen molar-refractivity contribution in [2.24, 2.45) is 0 Å². The number of benzene rings is 2. The Bertz CT molecular complexity index is 752. The Morgan fingerprint density at radius 3 is 2.81 bits per heavy atom. The van der Waals surface area contributed by atoms with Gasteiger partial charge >= 0.3 is 7.12 Å². The molecule has 4 nitrogen and oxygen atoms in total. The zero-order valence-electron chi connectivity index (χ0n) is 11.9. The van der Waals surface area contributed by atoms with E-state index >= 15 is 0 Å². The number of ether oxygens (including phenoxy) is 1. The van der Waals surface area contributed by atoms with E-state index in [1.165, 1.54) is 0 Å². The van der Waals surface area contributed by atoms with Gasteiger partial charge in [0, 0.05) is 0 Å². The monoisotopic (exact) mass is 279 g/mol. The molecule has 0 aliphatic carbocycles. The maximum Gasteiger partial charge on any atom is 0.491 e. The lowest BCUT2D eigenvalue weighted by atomic mass is 9.80. The number of aryl methyl sites for hydroxylation is 2. The zero-order valence-corrected chi connectivity index (χ0v) is 11.9. The van der Waals surface area contributed by atoms with Crippen molar-refractivity contribution in [2.45, 2.75) is 20.5 Å².